The number of rotatable bonds is 2. The molecule has 0 radical (unpaired) electrons. The molecule has 0 unspecified atom stereocenters. The molecule has 1 aliphatic heterocycles. The van der Waals surface area contributed by atoms with Crippen LogP contribution in [0.2, 0.25) is 0 Å². The van der Waals surface area contributed by atoms with Gasteiger partial charge in [0.15, 0.2) is 5.78 Å². The van der Waals surface area contributed by atoms with E-state index in [4.69, 9.17) is 0 Å². The molecule has 3 heterocycles. The largest absolute Gasteiger partial charge is 0.306 e. The second-order valence-corrected chi connectivity index (χ2v) is 6.59. The number of Topliss-reactive ketones (excluding diaryl/α,β-unsaturated/α-hetero) is 1. The van der Waals surface area contributed by atoms with Gasteiger partial charge in [-0.05, 0) is 62.6 Å². The number of anilines is 1. The topological polar surface area (TPSA) is 54.7 Å². The Morgan fingerprint density at radius 2 is 1.92 bits per heavy atom. The van der Waals surface area contributed by atoms with Crippen molar-refractivity contribution >= 4 is 23.0 Å². The molecule has 0 atom stereocenters. The zero-order valence-corrected chi connectivity index (χ0v) is 14.5. The van der Waals surface area contributed by atoms with E-state index >= 15 is 0 Å². The van der Waals surface area contributed by atoms with Gasteiger partial charge in [0.25, 0.3) is 5.91 Å². The zero-order chi connectivity index (χ0) is 17.7. The fourth-order valence-electron chi connectivity index (χ4n) is 3.49. The molecular formula is C20H19N3O2. The highest BCUT2D eigenvalue weighted by Crippen LogP contribution is 2.31. The van der Waals surface area contributed by atoms with Gasteiger partial charge in [0.2, 0.25) is 0 Å². The molecule has 0 fully saturated rings. The molecule has 3 aromatic rings. The van der Waals surface area contributed by atoms with Gasteiger partial charge < -0.3 is 4.90 Å². The maximum atomic E-state index is 13.2. The lowest BCUT2D eigenvalue weighted by Crippen LogP contribution is -2.30. The van der Waals surface area contributed by atoms with Gasteiger partial charge in [-0.15, -0.1) is 0 Å². The molecule has 0 bridgehead atoms. The summed E-state index contributed by atoms with van der Waals surface area (Å²) >= 11 is 0. The molecule has 1 amide bonds. The molecular weight excluding hydrogens is 314 g/mol. The van der Waals surface area contributed by atoms with Crippen LogP contribution in [0, 0.1) is 13.8 Å². The summed E-state index contributed by atoms with van der Waals surface area (Å²) in [5.41, 5.74) is 5.80. The van der Waals surface area contributed by atoms with Crippen LogP contribution in [0.5, 0.6) is 0 Å². The van der Waals surface area contributed by atoms with Gasteiger partial charge in [-0.25, -0.2) is 4.98 Å². The summed E-state index contributed by atoms with van der Waals surface area (Å²) in [6.45, 7) is 6.04. The predicted molar refractivity (Wildman–Crippen MR) is 96.5 cm³/mol. The maximum absolute atomic E-state index is 13.2. The van der Waals surface area contributed by atoms with Crippen molar-refractivity contribution in [1.29, 1.82) is 0 Å². The van der Waals surface area contributed by atoms with E-state index in [1.165, 1.54) is 0 Å². The van der Waals surface area contributed by atoms with Crippen molar-refractivity contribution < 1.29 is 9.59 Å². The lowest BCUT2D eigenvalue weighted by atomic mass is 10.1. The Kier molecular flexibility index (Phi) is 3.46. The van der Waals surface area contributed by atoms with Gasteiger partial charge in [-0.3, -0.25) is 14.0 Å². The van der Waals surface area contributed by atoms with Crippen LogP contribution in [0.15, 0.2) is 36.5 Å². The summed E-state index contributed by atoms with van der Waals surface area (Å²) in [6, 6.07) is 9.48. The Hall–Kier alpha value is -2.95. The van der Waals surface area contributed by atoms with Crippen LogP contribution >= 0.6 is 0 Å². The Morgan fingerprint density at radius 1 is 1.12 bits per heavy atom. The molecule has 0 spiro atoms. The highest BCUT2D eigenvalue weighted by Gasteiger charge is 2.29. The molecule has 25 heavy (non-hydrogen) atoms. The average molecular weight is 333 g/mol. The van der Waals surface area contributed by atoms with Crippen molar-refractivity contribution in [2.24, 2.45) is 0 Å². The smallest absolute Gasteiger partial charge is 0.277 e. The third-order valence-corrected chi connectivity index (χ3v) is 4.77. The van der Waals surface area contributed by atoms with Gasteiger partial charge in [0.05, 0.1) is 5.69 Å². The number of nitrogens with zero attached hydrogens (tertiary/aromatic N) is 3. The van der Waals surface area contributed by atoms with Crippen molar-refractivity contribution in [3.05, 3.63) is 64.6 Å². The Balaban J connectivity index is 1.78. The number of ketones is 1. The Labute approximate surface area is 145 Å². The SMILES string of the molecule is CC(=O)c1ccc2c(c1)CCN2C(=O)c1c(C)nc2ccc(C)cn12. The average Bonchev–Trinajstić information content (AvgIpc) is 3.13. The van der Waals surface area contributed by atoms with Crippen LogP contribution in [0.1, 0.15) is 44.6 Å². The molecule has 0 saturated heterocycles. The number of aromatic nitrogens is 2. The summed E-state index contributed by atoms with van der Waals surface area (Å²) in [7, 11) is 0. The van der Waals surface area contributed by atoms with Crippen LogP contribution in [0.25, 0.3) is 5.65 Å². The summed E-state index contributed by atoms with van der Waals surface area (Å²) in [5.74, 6) is -0.00870. The van der Waals surface area contributed by atoms with Crippen molar-refractivity contribution in [1.82, 2.24) is 9.38 Å². The van der Waals surface area contributed by atoms with Gasteiger partial charge in [0, 0.05) is 24.0 Å². The minimum atomic E-state index is -0.0510. The molecule has 1 aliphatic rings. The number of hydrogen-bond acceptors (Lipinski definition) is 3. The van der Waals surface area contributed by atoms with Gasteiger partial charge in [-0.1, -0.05) is 6.07 Å². The highest BCUT2D eigenvalue weighted by molar-refractivity contribution is 6.08. The first-order valence-corrected chi connectivity index (χ1v) is 8.37. The first-order valence-electron chi connectivity index (χ1n) is 8.37. The molecule has 126 valence electrons. The quantitative estimate of drug-likeness (QED) is 0.676. The van der Waals surface area contributed by atoms with E-state index in [-0.39, 0.29) is 11.7 Å². The standard InChI is InChI=1S/C20H19N3O2/c1-12-4-7-18-21-13(2)19(23(18)11-12)20(25)22-9-8-16-10-15(14(3)24)5-6-17(16)22/h4-7,10-11H,8-9H2,1-3H3. The molecule has 0 saturated carbocycles. The minimum Gasteiger partial charge on any atom is -0.306 e. The molecule has 4 rings (SSSR count). The van der Waals surface area contributed by atoms with E-state index in [1.54, 1.807) is 17.9 Å². The molecule has 1 aromatic carbocycles. The Bertz CT molecular complexity index is 1030. The van der Waals surface area contributed by atoms with Gasteiger partial charge >= 0.3 is 0 Å². The van der Waals surface area contributed by atoms with Crippen molar-refractivity contribution in [3.8, 4) is 0 Å². The summed E-state index contributed by atoms with van der Waals surface area (Å²) in [6.07, 6.45) is 2.70. The van der Waals surface area contributed by atoms with E-state index in [2.05, 4.69) is 4.98 Å². The van der Waals surface area contributed by atoms with Crippen molar-refractivity contribution in [2.45, 2.75) is 27.2 Å². The van der Waals surface area contributed by atoms with E-state index < -0.39 is 0 Å². The first-order chi connectivity index (χ1) is 12.0. The predicted octanol–water partition coefficient (Wildman–Crippen LogP) is 3.36. The van der Waals surface area contributed by atoms with Crippen LogP contribution < -0.4 is 4.90 Å². The second kappa shape index (κ2) is 5.55. The third kappa shape index (κ3) is 2.43. The highest BCUT2D eigenvalue weighted by atomic mass is 16.2. The number of aryl methyl sites for hydroxylation is 2. The van der Waals surface area contributed by atoms with Gasteiger partial charge in [-0.2, -0.15) is 0 Å². The molecule has 5 nitrogen and oxygen atoms in total. The van der Waals surface area contributed by atoms with Crippen molar-refractivity contribution in [2.75, 3.05) is 11.4 Å². The number of amides is 1. The lowest BCUT2D eigenvalue weighted by Gasteiger charge is -2.18. The first kappa shape index (κ1) is 15.6. The summed E-state index contributed by atoms with van der Waals surface area (Å²) < 4.78 is 1.87. The Morgan fingerprint density at radius 3 is 2.68 bits per heavy atom. The van der Waals surface area contributed by atoms with Crippen molar-refractivity contribution in [3.63, 3.8) is 0 Å². The number of carbonyl (C=O) groups is 2. The number of benzene rings is 1. The molecule has 5 heteroatoms. The molecule has 0 N–H and O–H groups in total. The van der Waals surface area contributed by atoms with E-state index in [1.807, 2.05) is 48.7 Å². The van der Waals surface area contributed by atoms with Crippen LogP contribution in [-0.2, 0) is 6.42 Å². The van der Waals surface area contributed by atoms with Crippen LogP contribution in [-0.4, -0.2) is 27.6 Å². The fourth-order valence-corrected chi connectivity index (χ4v) is 3.49. The van der Waals surface area contributed by atoms with E-state index in [0.717, 1.165) is 34.6 Å². The van der Waals surface area contributed by atoms with Crippen LogP contribution in [0.4, 0.5) is 5.69 Å². The van der Waals surface area contributed by atoms with E-state index in [0.29, 0.717) is 17.8 Å². The minimum absolute atomic E-state index is 0.0423. The summed E-state index contributed by atoms with van der Waals surface area (Å²) in [4.78, 5) is 31.1. The monoisotopic (exact) mass is 333 g/mol. The van der Waals surface area contributed by atoms with Crippen LogP contribution in [0.3, 0.4) is 0 Å². The number of pyridine rings is 1. The number of carbonyl (C=O) groups excluding carboxylic acids is 2. The molecule has 2 aromatic heterocycles. The van der Waals surface area contributed by atoms with E-state index in [9.17, 15) is 9.59 Å². The zero-order valence-electron chi connectivity index (χ0n) is 14.5. The molecule has 0 aliphatic carbocycles. The second-order valence-electron chi connectivity index (χ2n) is 6.59. The lowest BCUT2D eigenvalue weighted by molar-refractivity contribution is 0.0981. The number of hydrogen-bond donors (Lipinski definition) is 0. The van der Waals surface area contributed by atoms with Gasteiger partial charge in [0.1, 0.15) is 11.3 Å². The third-order valence-electron chi connectivity index (χ3n) is 4.77. The number of imidazole rings is 1. The maximum Gasteiger partial charge on any atom is 0.277 e. The normalized spacial score (nSPS) is 13.3. The number of fused-ring (bicyclic) bond motifs is 2. The fraction of sp³-hybridized carbons (Fsp3) is 0.250. The summed E-state index contributed by atoms with van der Waals surface area (Å²) in [5, 5.41) is 0.